The molecule has 3 heteroatoms. The topological polar surface area (TPSA) is 21.3 Å². The van der Waals surface area contributed by atoms with Gasteiger partial charge in [-0.15, -0.1) is 11.3 Å². The molecule has 1 rings (SSSR count). The minimum absolute atomic E-state index is 0.376. The highest BCUT2D eigenvalue weighted by Gasteiger charge is 2.04. The lowest BCUT2D eigenvalue weighted by Gasteiger charge is -2.15. The second-order valence-corrected chi connectivity index (χ2v) is 6.37. The third kappa shape index (κ3) is 6.81. The number of aryl methyl sites for hydroxylation is 1. The van der Waals surface area contributed by atoms with Crippen molar-refractivity contribution in [3.05, 3.63) is 21.9 Å². The Hall–Kier alpha value is -0.380. The second-order valence-electron chi connectivity index (χ2n) is 5.00. The van der Waals surface area contributed by atoms with Crippen molar-refractivity contribution in [3.63, 3.8) is 0 Å². The van der Waals surface area contributed by atoms with E-state index in [1.165, 1.54) is 9.75 Å². The van der Waals surface area contributed by atoms with E-state index in [2.05, 4.69) is 45.1 Å². The van der Waals surface area contributed by atoms with Crippen LogP contribution in [-0.4, -0.2) is 19.3 Å². The Kier molecular flexibility index (Phi) is 6.78. The van der Waals surface area contributed by atoms with Crippen LogP contribution in [0.1, 0.15) is 36.9 Å². The van der Waals surface area contributed by atoms with Gasteiger partial charge in [-0.25, -0.2) is 0 Å². The summed E-state index contributed by atoms with van der Waals surface area (Å²) in [5, 5.41) is 3.41. The molecule has 1 N–H and O–H groups in total. The molecule has 1 heterocycles. The molecule has 0 saturated carbocycles. The first-order valence-corrected chi connectivity index (χ1v) is 7.27. The number of rotatable bonds is 8. The molecule has 17 heavy (non-hydrogen) atoms. The lowest BCUT2D eigenvalue weighted by atomic mass is 10.1. The normalized spacial score (nSPS) is 13.2. The molecule has 0 aliphatic rings. The summed E-state index contributed by atoms with van der Waals surface area (Å²) >= 11 is 1.86. The summed E-state index contributed by atoms with van der Waals surface area (Å²) in [4.78, 5) is 2.78. The minimum Gasteiger partial charge on any atom is -0.377 e. The summed E-state index contributed by atoms with van der Waals surface area (Å²) in [6.45, 7) is 11.5. The maximum absolute atomic E-state index is 5.74. The van der Waals surface area contributed by atoms with Crippen LogP contribution < -0.4 is 5.32 Å². The minimum atomic E-state index is 0.376. The molecule has 0 aliphatic heterocycles. The summed E-state index contributed by atoms with van der Waals surface area (Å²) < 4.78 is 5.74. The fourth-order valence-corrected chi connectivity index (χ4v) is 2.72. The standard InChI is InChI=1S/C14H25NOS/c1-11(2)9-12(3)16-8-7-15-10-14-6-5-13(4)17-14/h5-6,11-12,15H,7-10H2,1-4H3. The van der Waals surface area contributed by atoms with Crippen LogP contribution in [0.4, 0.5) is 0 Å². The van der Waals surface area contributed by atoms with Crippen molar-refractivity contribution in [2.75, 3.05) is 13.2 Å². The molecule has 0 aliphatic carbocycles. The van der Waals surface area contributed by atoms with Gasteiger partial charge in [0.15, 0.2) is 0 Å². The first-order valence-electron chi connectivity index (χ1n) is 6.45. The van der Waals surface area contributed by atoms with Crippen molar-refractivity contribution in [1.29, 1.82) is 0 Å². The highest BCUT2D eigenvalue weighted by atomic mass is 32.1. The van der Waals surface area contributed by atoms with E-state index in [9.17, 15) is 0 Å². The van der Waals surface area contributed by atoms with Gasteiger partial charge in [-0.3, -0.25) is 0 Å². The van der Waals surface area contributed by atoms with Crippen molar-refractivity contribution < 1.29 is 4.74 Å². The van der Waals surface area contributed by atoms with Gasteiger partial charge in [0.2, 0.25) is 0 Å². The summed E-state index contributed by atoms with van der Waals surface area (Å²) in [6.07, 6.45) is 1.52. The molecule has 1 aromatic heterocycles. The molecule has 1 unspecified atom stereocenters. The molecule has 1 atom stereocenters. The van der Waals surface area contributed by atoms with Gasteiger partial charge in [0.1, 0.15) is 0 Å². The smallest absolute Gasteiger partial charge is 0.0594 e. The highest BCUT2D eigenvalue weighted by Crippen LogP contribution is 2.14. The largest absolute Gasteiger partial charge is 0.377 e. The molecule has 98 valence electrons. The van der Waals surface area contributed by atoms with Gasteiger partial charge in [-0.1, -0.05) is 13.8 Å². The predicted octanol–water partition coefficient (Wildman–Crippen LogP) is 3.60. The Bertz CT molecular complexity index is 309. The van der Waals surface area contributed by atoms with Gasteiger partial charge in [0, 0.05) is 22.8 Å². The first-order chi connectivity index (χ1) is 8.08. The lowest BCUT2D eigenvalue weighted by Crippen LogP contribution is -2.22. The maximum Gasteiger partial charge on any atom is 0.0594 e. The molecule has 0 saturated heterocycles. The third-order valence-electron chi connectivity index (χ3n) is 2.58. The molecule has 1 aromatic rings. The Labute approximate surface area is 109 Å². The van der Waals surface area contributed by atoms with Crippen LogP contribution in [-0.2, 0) is 11.3 Å². The Morgan fingerprint density at radius 2 is 2.06 bits per heavy atom. The monoisotopic (exact) mass is 255 g/mol. The van der Waals surface area contributed by atoms with Crippen LogP contribution in [0.15, 0.2) is 12.1 Å². The Balaban J connectivity index is 2.01. The number of hydrogen-bond acceptors (Lipinski definition) is 3. The van der Waals surface area contributed by atoms with Crippen molar-refractivity contribution in [1.82, 2.24) is 5.32 Å². The van der Waals surface area contributed by atoms with E-state index in [0.29, 0.717) is 12.0 Å². The third-order valence-corrected chi connectivity index (χ3v) is 3.58. The molecule has 0 amide bonds. The number of nitrogens with one attached hydrogen (secondary N) is 1. The summed E-state index contributed by atoms with van der Waals surface area (Å²) in [5.41, 5.74) is 0. The summed E-state index contributed by atoms with van der Waals surface area (Å²) in [5.74, 6) is 0.715. The van der Waals surface area contributed by atoms with Crippen LogP contribution in [0.25, 0.3) is 0 Å². The van der Waals surface area contributed by atoms with Crippen molar-refractivity contribution in [2.45, 2.75) is 46.8 Å². The zero-order valence-electron chi connectivity index (χ0n) is 11.5. The molecular formula is C14H25NOS. The number of thiophene rings is 1. The molecular weight excluding hydrogens is 230 g/mol. The van der Waals surface area contributed by atoms with E-state index < -0.39 is 0 Å². The summed E-state index contributed by atoms with van der Waals surface area (Å²) in [7, 11) is 0. The molecule has 0 radical (unpaired) electrons. The van der Waals surface area contributed by atoms with Crippen molar-refractivity contribution in [2.24, 2.45) is 5.92 Å². The highest BCUT2D eigenvalue weighted by molar-refractivity contribution is 7.11. The van der Waals surface area contributed by atoms with Crippen LogP contribution >= 0.6 is 11.3 Å². The summed E-state index contributed by atoms with van der Waals surface area (Å²) in [6, 6.07) is 4.36. The van der Waals surface area contributed by atoms with Crippen LogP contribution in [0.2, 0.25) is 0 Å². The zero-order chi connectivity index (χ0) is 12.7. The predicted molar refractivity (Wildman–Crippen MR) is 75.6 cm³/mol. The van der Waals surface area contributed by atoms with E-state index in [-0.39, 0.29) is 0 Å². The van der Waals surface area contributed by atoms with Gasteiger partial charge in [-0.2, -0.15) is 0 Å². The van der Waals surface area contributed by atoms with Gasteiger partial charge >= 0.3 is 0 Å². The van der Waals surface area contributed by atoms with E-state index in [4.69, 9.17) is 4.74 Å². The number of hydrogen-bond donors (Lipinski definition) is 1. The quantitative estimate of drug-likeness (QED) is 0.717. The SMILES string of the molecule is Cc1ccc(CNCCOC(C)CC(C)C)s1. The fraction of sp³-hybridized carbons (Fsp3) is 0.714. The lowest BCUT2D eigenvalue weighted by molar-refractivity contribution is 0.0538. The molecule has 0 bridgehead atoms. The average Bonchev–Trinajstić information content (AvgIpc) is 2.62. The zero-order valence-corrected chi connectivity index (χ0v) is 12.3. The maximum atomic E-state index is 5.74. The van der Waals surface area contributed by atoms with E-state index in [1.54, 1.807) is 0 Å². The van der Waals surface area contributed by atoms with Crippen LogP contribution in [0, 0.1) is 12.8 Å². The van der Waals surface area contributed by atoms with Crippen LogP contribution in [0.5, 0.6) is 0 Å². The second kappa shape index (κ2) is 7.85. The van der Waals surface area contributed by atoms with Gasteiger partial charge < -0.3 is 10.1 Å². The molecule has 0 aromatic carbocycles. The Morgan fingerprint density at radius 3 is 2.65 bits per heavy atom. The van der Waals surface area contributed by atoms with E-state index in [1.807, 2.05) is 11.3 Å². The van der Waals surface area contributed by atoms with Gasteiger partial charge in [0.25, 0.3) is 0 Å². The van der Waals surface area contributed by atoms with Crippen LogP contribution in [0.3, 0.4) is 0 Å². The van der Waals surface area contributed by atoms with Gasteiger partial charge in [0.05, 0.1) is 12.7 Å². The van der Waals surface area contributed by atoms with Gasteiger partial charge in [-0.05, 0) is 38.3 Å². The average molecular weight is 255 g/mol. The molecule has 0 spiro atoms. The molecule has 0 fully saturated rings. The van der Waals surface area contributed by atoms with E-state index >= 15 is 0 Å². The Morgan fingerprint density at radius 1 is 1.29 bits per heavy atom. The van der Waals surface area contributed by atoms with E-state index in [0.717, 1.165) is 26.1 Å². The molecule has 2 nitrogen and oxygen atoms in total. The van der Waals surface area contributed by atoms with Crippen molar-refractivity contribution >= 4 is 11.3 Å². The first kappa shape index (κ1) is 14.7. The fourth-order valence-electron chi connectivity index (χ4n) is 1.86. The number of ether oxygens (including phenoxy) is 1. The van der Waals surface area contributed by atoms with Crippen molar-refractivity contribution in [3.8, 4) is 0 Å².